The van der Waals surface area contributed by atoms with Gasteiger partial charge in [-0.3, -0.25) is 12.2 Å². The van der Waals surface area contributed by atoms with E-state index < -0.39 is 0 Å². The van der Waals surface area contributed by atoms with Gasteiger partial charge < -0.3 is 24.8 Å². The molecule has 0 bridgehead atoms. The molecule has 20 rings (SSSR count). The zero-order chi connectivity index (χ0) is 83.7. The molecule has 0 radical (unpaired) electrons. The van der Waals surface area contributed by atoms with E-state index in [1.165, 1.54) is 231 Å². The minimum absolute atomic E-state index is 0. The third-order valence-electron chi connectivity index (χ3n) is 23.0. The number of halogens is 2. The number of allylic oxidation sites excluding steroid dienone is 8. The van der Waals surface area contributed by atoms with Gasteiger partial charge in [0.05, 0.1) is 0 Å². The van der Waals surface area contributed by atoms with Crippen molar-refractivity contribution in [3.05, 3.63) is 455 Å². The van der Waals surface area contributed by atoms with Crippen molar-refractivity contribution in [2.24, 2.45) is 0 Å². The van der Waals surface area contributed by atoms with Crippen molar-refractivity contribution in [2.45, 2.75) is 130 Å². The molecule has 0 unspecified atom stereocenters. The van der Waals surface area contributed by atoms with Gasteiger partial charge in [-0.05, 0) is 79.0 Å². The first-order chi connectivity index (χ1) is 57.9. The van der Waals surface area contributed by atoms with Crippen molar-refractivity contribution in [2.75, 3.05) is 0 Å². The second-order valence-electron chi connectivity index (χ2n) is 35.8. The van der Waals surface area contributed by atoms with E-state index in [0.29, 0.717) is 0 Å². The first kappa shape index (κ1) is 89.4. The summed E-state index contributed by atoms with van der Waals surface area (Å²) in [5, 5.41) is 10.4. The molecule has 600 valence electrons. The van der Waals surface area contributed by atoms with Crippen LogP contribution in [-0.4, -0.2) is 6.41 Å². The Morgan fingerprint density at radius 2 is 0.508 bits per heavy atom. The molecule has 4 heteroatoms. The number of benzene rings is 16. The Kier molecular flexibility index (Phi) is 28.9. The fourth-order valence-electron chi connectivity index (χ4n) is 16.6. The van der Waals surface area contributed by atoms with Crippen molar-refractivity contribution in [1.82, 2.24) is 0 Å². The molecule has 0 aromatic heterocycles. The monoisotopic (exact) mass is 1770 g/mol. The molecule has 0 fully saturated rings. The van der Waals surface area contributed by atoms with Crippen LogP contribution >= 0.6 is 0 Å². The Labute approximate surface area is 767 Å². The van der Waals surface area contributed by atoms with Crippen LogP contribution in [0.4, 0.5) is 0 Å². The van der Waals surface area contributed by atoms with Crippen molar-refractivity contribution in [3.63, 3.8) is 0 Å². The van der Waals surface area contributed by atoms with Crippen LogP contribution < -0.4 is 24.8 Å². The third-order valence-corrected chi connectivity index (χ3v) is 25.8. The van der Waals surface area contributed by atoms with Crippen LogP contribution in [0.5, 0.6) is 0 Å². The second kappa shape index (κ2) is 39.4. The molecule has 0 spiro atoms. The number of rotatable bonds is 8. The molecule has 16 aromatic carbocycles. The molecule has 0 aliphatic heterocycles. The molecule has 0 atom stereocenters. The van der Waals surface area contributed by atoms with E-state index >= 15 is 0 Å². The molecule has 16 aromatic rings. The maximum absolute atomic E-state index is 3.88. The predicted octanol–water partition coefficient (Wildman–Crippen LogP) is 24.8. The molecule has 0 heterocycles. The van der Waals surface area contributed by atoms with Crippen LogP contribution in [0, 0.1) is 24.3 Å². The second-order valence-corrected chi connectivity index (χ2v) is 38.3. The average molecular weight is 1780 g/mol. The predicted molar refractivity (Wildman–Crippen MR) is 509 cm³/mol. The summed E-state index contributed by atoms with van der Waals surface area (Å²) in [6.45, 7) is 27.8. The fraction of sp³-hybridized carbons (Fsp3) is 0.169. The van der Waals surface area contributed by atoms with Crippen LogP contribution in [0.3, 0.4) is 0 Å². The summed E-state index contributed by atoms with van der Waals surface area (Å²) < 4.78 is 2.81. The molecule has 0 N–H and O–H groups in total. The summed E-state index contributed by atoms with van der Waals surface area (Å²) >= 11 is 2.89. The summed E-state index contributed by atoms with van der Waals surface area (Å²) in [7, 11) is 0. The quantitative estimate of drug-likeness (QED) is 0.133. The molecule has 0 nitrogen and oxygen atoms in total. The van der Waals surface area contributed by atoms with Crippen molar-refractivity contribution < 1.29 is 73.3 Å². The summed E-state index contributed by atoms with van der Waals surface area (Å²) in [4.78, 5) is 0. The van der Waals surface area contributed by atoms with Gasteiger partial charge in [0.15, 0.2) is 0 Å². The molecule has 122 heavy (non-hydrogen) atoms. The molecular formula is C118H104Cl2Zr2-2. The van der Waals surface area contributed by atoms with Gasteiger partial charge in [0, 0.05) is 0 Å². The zero-order valence-electron chi connectivity index (χ0n) is 72.2. The Morgan fingerprint density at radius 3 is 0.754 bits per heavy atom. The van der Waals surface area contributed by atoms with E-state index in [2.05, 4.69) is 447 Å². The van der Waals surface area contributed by atoms with Gasteiger partial charge in [-0.25, -0.2) is 24.3 Å². The van der Waals surface area contributed by atoms with E-state index in [1.807, 2.05) is 24.3 Å². The van der Waals surface area contributed by atoms with Crippen LogP contribution in [-0.2, 0) is 83.0 Å². The van der Waals surface area contributed by atoms with Gasteiger partial charge in [0.25, 0.3) is 0 Å². The molecule has 0 amide bonds. The first-order valence-electron chi connectivity index (χ1n) is 42.2. The van der Waals surface area contributed by atoms with Crippen LogP contribution in [0.2, 0.25) is 0 Å². The van der Waals surface area contributed by atoms with Crippen LogP contribution in [0.1, 0.15) is 163 Å². The summed E-state index contributed by atoms with van der Waals surface area (Å²) in [5.74, 6) is 0. The van der Waals surface area contributed by atoms with Gasteiger partial charge in [0.1, 0.15) is 0 Å². The summed E-state index contributed by atoms with van der Waals surface area (Å²) in [5.41, 5.74) is 32.3. The standard InChI is InChI=1S/2C33H33.2C21H14.2C5H5.2ClH.2Zr/c2*1-32(2,3)30-20-26-24(18-28(30)22-13-9-7-10-14-22)17-25-19-29(23-15-11-8-12-16-23)31(21-27(25)26)33(4,5)6;2*1-3-7-20-14-16(9-11-18(20)5-1)13-17-10-12-19-6-2-4-8-21(19)15-17;2*1-2-4-5-3-1;;;;/h2*7-16,18,20-21H,17H2,1-6H3;2*1-12,14-15H;2*1-3H,4H2;2*1H;;/q2*-1;;;2*-1;;;2*+2/p-2. The van der Waals surface area contributed by atoms with Crippen LogP contribution in [0.15, 0.2) is 364 Å². The summed E-state index contributed by atoms with van der Waals surface area (Å²) in [6, 6.07) is 127. The molecule has 4 aliphatic rings. The minimum atomic E-state index is 0. The van der Waals surface area contributed by atoms with Crippen molar-refractivity contribution in [3.8, 4) is 66.8 Å². The van der Waals surface area contributed by atoms with Crippen molar-refractivity contribution >= 4 is 49.5 Å². The van der Waals surface area contributed by atoms with Crippen molar-refractivity contribution in [1.29, 1.82) is 0 Å². The third kappa shape index (κ3) is 21.1. The van der Waals surface area contributed by atoms with Crippen LogP contribution in [0.25, 0.3) is 110 Å². The fourth-order valence-corrected chi connectivity index (χ4v) is 18.1. The SMILES string of the molecule is CC(C)(C)c1cc2c([c-]c1-c1ccccc1)Cc1cc(-c3ccccc3)c(C(C)(C)C)cc1-2.CC(C)(C)c1cc2c([c-]c1-c1ccccc1)Cc1cc(-c3ccccc3)c(C(C)(C)C)cc1-2.[C-]1=CC=CC1.[C-]1=CC=CC1.[Cl-].[Cl-].[Zr+2]=[C](c1ccc2ccccc2c1)c1ccc2ccccc2c1.[Zr+2]=[C](c1ccc2ccccc2c1)c1ccc2ccccc2c1. The Morgan fingerprint density at radius 1 is 0.254 bits per heavy atom. The molecule has 4 aliphatic carbocycles. The Bertz CT molecular complexity index is 5780. The van der Waals surface area contributed by atoms with Gasteiger partial charge in [0.2, 0.25) is 0 Å². The Hall–Kier alpha value is -10.4. The number of hydrogen-bond acceptors (Lipinski definition) is 0. The van der Waals surface area contributed by atoms with E-state index in [0.717, 1.165) is 25.7 Å². The number of hydrogen-bond donors (Lipinski definition) is 0. The zero-order valence-corrected chi connectivity index (χ0v) is 78.7. The van der Waals surface area contributed by atoms with E-state index in [9.17, 15) is 0 Å². The molecule has 0 saturated heterocycles. The van der Waals surface area contributed by atoms with Gasteiger partial charge in [-0.1, -0.05) is 262 Å². The first-order valence-corrected chi connectivity index (χ1v) is 44.7. The normalized spacial score (nSPS) is 12.5. The van der Waals surface area contributed by atoms with E-state index in [-0.39, 0.29) is 46.5 Å². The van der Waals surface area contributed by atoms with Gasteiger partial charge in [-0.15, -0.1) is 70.5 Å². The summed E-state index contributed by atoms with van der Waals surface area (Å²) in [6.07, 6.45) is 21.9. The van der Waals surface area contributed by atoms with Gasteiger partial charge in [-0.2, -0.15) is 12.2 Å². The maximum atomic E-state index is 3.88. The number of fused-ring (bicyclic) bond motifs is 10. The molecular weight excluding hydrogens is 1670 g/mol. The van der Waals surface area contributed by atoms with E-state index in [1.54, 1.807) is 0 Å². The van der Waals surface area contributed by atoms with E-state index in [4.69, 9.17) is 0 Å². The Balaban J connectivity index is 0.000000136. The molecule has 0 saturated carbocycles. The average Bonchev–Trinajstić information content (AvgIpc) is 1.58. The topological polar surface area (TPSA) is 0 Å². The van der Waals surface area contributed by atoms with Gasteiger partial charge >= 0.3 is 290 Å².